The zero-order valence-corrected chi connectivity index (χ0v) is 13.8. The molecule has 5 heteroatoms. The Hall–Kier alpha value is -1.78. The lowest BCUT2D eigenvalue weighted by Crippen LogP contribution is -2.48. The largest absolute Gasteiger partial charge is 0.472 e. The summed E-state index contributed by atoms with van der Waals surface area (Å²) in [5.41, 5.74) is 0.0292. The molecular formula is C17H25NO4. The van der Waals surface area contributed by atoms with Crippen LogP contribution in [0, 0.1) is 5.92 Å². The fourth-order valence-electron chi connectivity index (χ4n) is 2.76. The van der Waals surface area contributed by atoms with Crippen molar-refractivity contribution in [2.75, 3.05) is 6.54 Å². The van der Waals surface area contributed by atoms with Crippen LogP contribution in [-0.2, 0) is 4.74 Å². The van der Waals surface area contributed by atoms with Crippen molar-refractivity contribution >= 4 is 11.9 Å². The zero-order chi connectivity index (χ0) is 16.3. The van der Waals surface area contributed by atoms with Gasteiger partial charge in [0.05, 0.1) is 11.8 Å². The summed E-state index contributed by atoms with van der Waals surface area (Å²) in [6.07, 6.45) is 4.68. The standard InChI is InChI=1S/C17H25NO4/c1-12-5-7-18(16(20)22-17(2,3)4)14(9-12)10-15(19)13-6-8-21-11-13/h6,8,11-12,14H,5,7,9-10H2,1-4H3. The van der Waals surface area contributed by atoms with Gasteiger partial charge < -0.3 is 14.1 Å². The number of furan rings is 1. The Morgan fingerprint density at radius 1 is 1.41 bits per heavy atom. The van der Waals surface area contributed by atoms with Crippen LogP contribution in [0.4, 0.5) is 4.79 Å². The van der Waals surface area contributed by atoms with Crippen LogP contribution in [0.2, 0.25) is 0 Å². The molecule has 1 aliphatic heterocycles. The number of nitrogens with zero attached hydrogens (tertiary/aromatic N) is 1. The molecular weight excluding hydrogens is 282 g/mol. The summed E-state index contributed by atoms with van der Waals surface area (Å²) >= 11 is 0. The summed E-state index contributed by atoms with van der Waals surface area (Å²) in [5.74, 6) is 0.502. The van der Waals surface area contributed by atoms with Gasteiger partial charge in [0.15, 0.2) is 5.78 Å². The molecule has 0 radical (unpaired) electrons. The van der Waals surface area contributed by atoms with Gasteiger partial charge in [-0.3, -0.25) is 4.79 Å². The van der Waals surface area contributed by atoms with Crippen LogP contribution in [0.15, 0.2) is 23.0 Å². The number of piperidine rings is 1. The fourth-order valence-corrected chi connectivity index (χ4v) is 2.76. The van der Waals surface area contributed by atoms with E-state index >= 15 is 0 Å². The summed E-state index contributed by atoms with van der Waals surface area (Å²) in [7, 11) is 0. The highest BCUT2D eigenvalue weighted by molar-refractivity contribution is 5.96. The van der Waals surface area contributed by atoms with Crippen molar-refractivity contribution in [1.29, 1.82) is 0 Å². The average molecular weight is 307 g/mol. The number of ketones is 1. The number of carbonyl (C=O) groups excluding carboxylic acids is 2. The summed E-state index contributed by atoms with van der Waals surface area (Å²) in [6, 6.07) is 1.55. The number of likely N-dealkylation sites (tertiary alicyclic amines) is 1. The van der Waals surface area contributed by atoms with Gasteiger partial charge in [0.2, 0.25) is 0 Å². The highest BCUT2D eigenvalue weighted by Gasteiger charge is 2.34. The number of rotatable bonds is 3. The summed E-state index contributed by atoms with van der Waals surface area (Å²) < 4.78 is 10.4. The lowest BCUT2D eigenvalue weighted by molar-refractivity contribution is 0.00514. The Bertz CT molecular complexity index is 515. The predicted molar refractivity (Wildman–Crippen MR) is 82.8 cm³/mol. The molecule has 0 saturated carbocycles. The molecule has 1 saturated heterocycles. The molecule has 1 aliphatic rings. The Morgan fingerprint density at radius 3 is 2.73 bits per heavy atom. The first-order valence-corrected chi connectivity index (χ1v) is 7.81. The van der Waals surface area contributed by atoms with Crippen molar-refractivity contribution in [2.24, 2.45) is 5.92 Å². The molecule has 2 unspecified atom stereocenters. The molecule has 0 aromatic carbocycles. The normalized spacial score (nSPS) is 22.5. The third kappa shape index (κ3) is 4.36. The van der Waals surface area contributed by atoms with E-state index in [1.165, 1.54) is 12.5 Å². The van der Waals surface area contributed by atoms with E-state index in [2.05, 4.69) is 6.92 Å². The maximum atomic E-state index is 12.4. The maximum absolute atomic E-state index is 12.4. The molecule has 0 N–H and O–H groups in total. The topological polar surface area (TPSA) is 59.8 Å². The van der Waals surface area contributed by atoms with Gasteiger partial charge in [0.25, 0.3) is 0 Å². The summed E-state index contributed by atoms with van der Waals surface area (Å²) in [4.78, 5) is 26.4. The Kier molecular flexibility index (Phi) is 4.94. The van der Waals surface area contributed by atoms with E-state index in [-0.39, 0.29) is 17.9 Å². The minimum Gasteiger partial charge on any atom is -0.472 e. The molecule has 2 rings (SSSR count). The molecule has 122 valence electrons. The highest BCUT2D eigenvalue weighted by atomic mass is 16.6. The third-order valence-electron chi connectivity index (χ3n) is 3.87. The predicted octanol–water partition coefficient (Wildman–Crippen LogP) is 3.89. The molecule has 2 heterocycles. The van der Waals surface area contributed by atoms with Gasteiger partial charge >= 0.3 is 6.09 Å². The van der Waals surface area contributed by atoms with Gasteiger partial charge in [-0.1, -0.05) is 6.92 Å². The van der Waals surface area contributed by atoms with Gasteiger partial charge in [-0.15, -0.1) is 0 Å². The van der Waals surface area contributed by atoms with Gasteiger partial charge in [-0.25, -0.2) is 4.79 Å². The second-order valence-corrected chi connectivity index (χ2v) is 7.10. The number of amides is 1. The number of ether oxygens (including phenoxy) is 1. The van der Waals surface area contributed by atoms with Gasteiger partial charge in [-0.05, 0) is 45.6 Å². The molecule has 0 aliphatic carbocycles. The van der Waals surface area contributed by atoms with E-state index in [4.69, 9.17) is 9.15 Å². The Morgan fingerprint density at radius 2 is 2.14 bits per heavy atom. The van der Waals surface area contributed by atoms with E-state index in [1.807, 2.05) is 20.8 Å². The second kappa shape index (κ2) is 6.55. The van der Waals surface area contributed by atoms with Crippen LogP contribution in [0.25, 0.3) is 0 Å². The maximum Gasteiger partial charge on any atom is 0.410 e. The van der Waals surface area contributed by atoms with Gasteiger partial charge in [-0.2, -0.15) is 0 Å². The van der Waals surface area contributed by atoms with Crippen molar-refractivity contribution in [1.82, 2.24) is 4.90 Å². The zero-order valence-electron chi connectivity index (χ0n) is 13.8. The average Bonchev–Trinajstić information content (AvgIpc) is 2.90. The second-order valence-electron chi connectivity index (χ2n) is 7.10. The molecule has 0 spiro atoms. The third-order valence-corrected chi connectivity index (χ3v) is 3.87. The van der Waals surface area contributed by atoms with Crippen molar-refractivity contribution in [3.63, 3.8) is 0 Å². The van der Waals surface area contributed by atoms with E-state index in [9.17, 15) is 9.59 Å². The first-order valence-electron chi connectivity index (χ1n) is 7.81. The minimum absolute atomic E-state index is 0.00130. The SMILES string of the molecule is CC1CCN(C(=O)OC(C)(C)C)C(CC(=O)c2ccoc2)C1. The minimum atomic E-state index is -0.529. The molecule has 1 aromatic heterocycles. The molecule has 1 aromatic rings. The highest BCUT2D eigenvalue weighted by Crippen LogP contribution is 2.27. The summed E-state index contributed by atoms with van der Waals surface area (Å²) in [5, 5.41) is 0. The van der Waals surface area contributed by atoms with E-state index in [0.717, 1.165) is 12.8 Å². The molecule has 2 atom stereocenters. The molecule has 0 bridgehead atoms. The smallest absolute Gasteiger partial charge is 0.410 e. The van der Waals surface area contributed by atoms with Gasteiger partial charge in [0, 0.05) is 19.0 Å². The van der Waals surface area contributed by atoms with Crippen molar-refractivity contribution in [3.05, 3.63) is 24.2 Å². The van der Waals surface area contributed by atoms with Crippen LogP contribution < -0.4 is 0 Å². The molecule has 1 amide bonds. The number of Topliss-reactive ketones (excluding diaryl/α,β-unsaturated/α-hetero) is 1. The van der Waals surface area contributed by atoms with Crippen molar-refractivity contribution < 1.29 is 18.7 Å². The molecule has 5 nitrogen and oxygen atoms in total. The van der Waals surface area contributed by atoms with E-state index in [1.54, 1.807) is 11.0 Å². The molecule has 22 heavy (non-hydrogen) atoms. The monoisotopic (exact) mass is 307 g/mol. The first-order chi connectivity index (χ1) is 10.3. The molecule has 1 fully saturated rings. The van der Waals surface area contributed by atoms with Crippen LogP contribution in [0.3, 0.4) is 0 Å². The quantitative estimate of drug-likeness (QED) is 0.795. The number of hydrogen-bond donors (Lipinski definition) is 0. The fraction of sp³-hybridized carbons (Fsp3) is 0.647. The van der Waals surface area contributed by atoms with Crippen LogP contribution in [-0.4, -0.2) is 35.0 Å². The number of hydrogen-bond acceptors (Lipinski definition) is 4. The first kappa shape index (κ1) is 16.6. The van der Waals surface area contributed by atoms with Crippen molar-refractivity contribution in [3.8, 4) is 0 Å². The van der Waals surface area contributed by atoms with Crippen LogP contribution >= 0.6 is 0 Å². The van der Waals surface area contributed by atoms with Crippen LogP contribution in [0.1, 0.15) is 57.3 Å². The van der Waals surface area contributed by atoms with E-state index < -0.39 is 5.60 Å². The number of carbonyl (C=O) groups is 2. The van der Waals surface area contributed by atoms with Crippen LogP contribution in [0.5, 0.6) is 0 Å². The van der Waals surface area contributed by atoms with Gasteiger partial charge in [0.1, 0.15) is 11.9 Å². The lowest BCUT2D eigenvalue weighted by atomic mass is 9.89. The lowest BCUT2D eigenvalue weighted by Gasteiger charge is -2.38. The van der Waals surface area contributed by atoms with Crippen molar-refractivity contribution in [2.45, 2.75) is 58.6 Å². The van der Waals surface area contributed by atoms with E-state index in [0.29, 0.717) is 24.4 Å². The Balaban J connectivity index is 2.06. The Labute approximate surface area is 131 Å². The summed E-state index contributed by atoms with van der Waals surface area (Å²) in [6.45, 7) is 8.34.